The van der Waals surface area contributed by atoms with Crippen molar-refractivity contribution in [3.63, 3.8) is 0 Å². The average molecular weight is 261 g/mol. The summed E-state index contributed by atoms with van der Waals surface area (Å²) in [5.41, 5.74) is 2.67. The van der Waals surface area contributed by atoms with Crippen LogP contribution in [0, 0.1) is 11.8 Å². The lowest BCUT2D eigenvalue weighted by Gasteiger charge is -2.35. The minimum absolute atomic E-state index is 0.666. The third-order valence-electron chi connectivity index (χ3n) is 4.68. The van der Waals surface area contributed by atoms with Crippen molar-refractivity contribution >= 4 is 0 Å². The Hall–Kier alpha value is -0.860. The molecule has 1 saturated carbocycles. The van der Waals surface area contributed by atoms with E-state index in [0.717, 1.165) is 18.4 Å². The summed E-state index contributed by atoms with van der Waals surface area (Å²) >= 11 is 0. The summed E-state index contributed by atoms with van der Waals surface area (Å²) in [5, 5.41) is 3.76. The first-order valence-corrected chi connectivity index (χ1v) is 7.51. The molecule has 0 aliphatic heterocycles. The Morgan fingerprint density at radius 2 is 1.89 bits per heavy atom. The van der Waals surface area contributed by atoms with Crippen molar-refractivity contribution < 1.29 is 4.74 Å². The van der Waals surface area contributed by atoms with Gasteiger partial charge < -0.3 is 10.1 Å². The molecule has 0 amide bonds. The van der Waals surface area contributed by atoms with Crippen molar-refractivity contribution in [2.75, 3.05) is 7.11 Å². The summed E-state index contributed by atoms with van der Waals surface area (Å²) in [5.74, 6) is 1.63. The lowest BCUT2D eigenvalue weighted by atomic mass is 9.78. The largest absolute Gasteiger partial charge is 0.380 e. The van der Waals surface area contributed by atoms with Gasteiger partial charge >= 0.3 is 0 Å². The molecule has 0 aromatic heterocycles. The van der Waals surface area contributed by atoms with Crippen LogP contribution in [0.25, 0.3) is 0 Å². The van der Waals surface area contributed by atoms with Gasteiger partial charge in [0.1, 0.15) is 0 Å². The first-order valence-electron chi connectivity index (χ1n) is 7.51. The lowest BCUT2D eigenvalue weighted by Crippen LogP contribution is -2.40. The van der Waals surface area contributed by atoms with Gasteiger partial charge in [-0.3, -0.25) is 0 Å². The molecule has 19 heavy (non-hydrogen) atoms. The van der Waals surface area contributed by atoms with Crippen LogP contribution in [0.2, 0.25) is 0 Å². The molecule has 0 bridgehead atoms. The van der Waals surface area contributed by atoms with Gasteiger partial charge in [0.05, 0.1) is 6.61 Å². The highest BCUT2D eigenvalue weighted by Gasteiger charge is 2.26. The summed E-state index contributed by atoms with van der Waals surface area (Å²) in [7, 11) is 1.76. The monoisotopic (exact) mass is 261 g/mol. The summed E-state index contributed by atoms with van der Waals surface area (Å²) in [6.07, 6.45) is 4.07. The Morgan fingerprint density at radius 3 is 2.63 bits per heavy atom. The van der Waals surface area contributed by atoms with Crippen LogP contribution in [-0.4, -0.2) is 13.2 Å². The van der Waals surface area contributed by atoms with Crippen molar-refractivity contribution in [3.8, 4) is 0 Å². The fourth-order valence-electron chi connectivity index (χ4n) is 3.14. The van der Waals surface area contributed by atoms with E-state index in [-0.39, 0.29) is 0 Å². The van der Waals surface area contributed by atoms with Crippen LogP contribution in [0.4, 0.5) is 0 Å². The van der Waals surface area contributed by atoms with E-state index in [0.29, 0.717) is 12.6 Å². The molecular formula is C17H27NO. The van der Waals surface area contributed by atoms with E-state index in [4.69, 9.17) is 4.74 Å². The third kappa shape index (κ3) is 3.80. The van der Waals surface area contributed by atoms with E-state index in [2.05, 4.69) is 43.4 Å². The van der Waals surface area contributed by atoms with Gasteiger partial charge in [0.2, 0.25) is 0 Å². The smallest absolute Gasteiger partial charge is 0.0716 e. The van der Waals surface area contributed by atoms with Gasteiger partial charge in [-0.05, 0) is 29.4 Å². The van der Waals surface area contributed by atoms with Crippen molar-refractivity contribution in [1.82, 2.24) is 5.32 Å². The van der Waals surface area contributed by atoms with Crippen LogP contribution in [-0.2, 0) is 17.9 Å². The molecule has 0 heterocycles. The zero-order valence-corrected chi connectivity index (χ0v) is 12.5. The van der Waals surface area contributed by atoms with Crippen LogP contribution in [0.5, 0.6) is 0 Å². The maximum atomic E-state index is 5.27. The Bertz CT molecular complexity index is 391. The van der Waals surface area contributed by atoms with Crippen LogP contribution < -0.4 is 5.32 Å². The number of hydrogen-bond acceptors (Lipinski definition) is 2. The topological polar surface area (TPSA) is 21.3 Å². The van der Waals surface area contributed by atoms with E-state index in [9.17, 15) is 0 Å². The normalized spacial score (nSPS) is 27.4. The minimum Gasteiger partial charge on any atom is -0.380 e. The van der Waals surface area contributed by atoms with Gasteiger partial charge in [-0.2, -0.15) is 0 Å². The molecule has 0 radical (unpaired) electrons. The predicted octanol–water partition coefficient (Wildman–Crippen LogP) is 3.75. The SMILES string of the molecule is COCc1ccccc1CNC1CCCC(C)C1C. The number of ether oxygens (including phenoxy) is 1. The zero-order valence-electron chi connectivity index (χ0n) is 12.5. The van der Waals surface area contributed by atoms with E-state index in [1.807, 2.05) is 0 Å². The summed E-state index contributed by atoms with van der Waals surface area (Å²) < 4.78 is 5.27. The average Bonchev–Trinajstić information content (AvgIpc) is 2.42. The molecule has 2 heteroatoms. The molecule has 1 aromatic carbocycles. The van der Waals surface area contributed by atoms with Gasteiger partial charge in [0.25, 0.3) is 0 Å². The fourth-order valence-corrected chi connectivity index (χ4v) is 3.14. The highest BCUT2D eigenvalue weighted by Crippen LogP contribution is 2.29. The van der Waals surface area contributed by atoms with Gasteiger partial charge in [-0.25, -0.2) is 0 Å². The van der Waals surface area contributed by atoms with Gasteiger partial charge in [-0.1, -0.05) is 51.0 Å². The van der Waals surface area contributed by atoms with E-state index in [1.165, 1.54) is 30.4 Å². The second-order valence-electron chi connectivity index (χ2n) is 5.96. The first-order chi connectivity index (χ1) is 9.22. The van der Waals surface area contributed by atoms with E-state index >= 15 is 0 Å². The molecule has 1 aliphatic carbocycles. The zero-order chi connectivity index (χ0) is 13.7. The molecule has 0 saturated heterocycles. The molecular weight excluding hydrogens is 234 g/mol. The first kappa shape index (κ1) is 14.5. The van der Waals surface area contributed by atoms with Crippen LogP contribution >= 0.6 is 0 Å². The molecule has 2 rings (SSSR count). The van der Waals surface area contributed by atoms with Crippen molar-refractivity contribution in [3.05, 3.63) is 35.4 Å². The van der Waals surface area contributed by atoms with Crippen LogP contribution in [0.3, 0.4) is 0 Å². The number of benzene rings is 1. The molecule has 1 N–H and O–H groups in total. The predicted molar refractivity (Wildman–Crippen MR) is 80.0 cm³/mol. The Labute approximate surface area is 117 Å². The summed E-state index contributed by atoms with van der Waals surface area (Å²) in [4.78, 5) is 0. The Kier molecular flexibility index (Phi) is 5.41. The molecule has 1 aromatic rings. The quantitative estimate of drug-likeness (QED) is 0.871. The summed E-state index contributed by atoms with van der Waals surface area (Å²) in [6.45, 7) is 6.44. The number of nitrogens with one attached hydrogen (secondary N) is 1. The van der Waals surface area contributed by atoms with Gasteiger partial charge in [-0.15, -0.1) is 0 Å². The van der Waals surface area contributed by atoms with E-state index < -0.39 is 0 Å². The van der Waals surface area contributed by atoms with Gasteiger partial charge in [0, 0.05) is 19.7 Å². The number of methoxy groups -OCH3 is 1. The summed E-state index contributed by atoms with van der Waals surface area (Å²) in [6, 6.07) is 9.23. The second-order valence-corrected chi connectivity index (χ2v) is 5.96. The molecule has 2 nitrogen and oxygen atoms in total. The number of rotatable bonds is 5. The fraction of sp³-hybridized carbons (Fsp3) is 0.647. The maximum Gasteiger partial charge on any atom is 0.0716 e. The van der Waals surface area contributed by atoms with Gasteiger partial charge in [0.15, 0.2) is 0 Å². The minimum atomic E-state index is 0.666. The van der Waals surface area contributed by atoms with E-state index in [1.54, 1.807) is 7.11 Å². The highest BCUT2D eigenvalue weighted by molar-refractivity contribution is 5.26. The maximum absolute atomic E-state index is 5.27. The molecule has 1 aliphatic rings. The van der Waals surface area contributed by atoms with Crippen molar-refractivity contribution in [1.29, 1.82) is 0 Å². The Balaban J connectivity index is 1.94. The number of hydrogen-bond donors (Lipinski definition) is 1. The van der Waals surface area contributed by atoms with Crippen molar-refractivity contribution in [2.24, 2.45) is 11.8 Å². The lowest BCUT2D eigenvalue weighted by molar-refractivity contribution is 0.182. The van der Waals surface area contributed by atoms with Crippen LogP contribution in [0.15, 0.2) is 24.3 Å². The third-order valence-corrected chi connectivity index (χ3v) is 4.68. The van der Waals surface area contributed by atoms with Crippen LogP contribution in [0.1, 0.15) is 44.2 Å². The highest BCUT2D eigenvalue weighted by atomic mass is 16.5. The Morgan fingerprint density at radius 1 is 1.16 bits per heavy atom. The standard InChI is InChI=1S/C17H27NO/c1-13-7-6-10-17(14(13)2)18-11-15-8-4-5-9-16(15)12-19-3/h4-5,8-9,13-14,17-18H,6-7,10-12H2,1-3H3. The molecule has 106 valence electrons. The molecule has 3 unspecified atom stereocenters. The van der Waals surface area contributed by atoms with Crippen molar-refractivity contribution in [2.45, 2.75) is 52.3 Å². The molecule has 1 fully saturated rings. The molecule has 3 atom stereocenters. The second kappa shape index (κ2) is 7.06. The molecule has 0 spiro atoms.